The Bertz CT molecular complexity index is 1430. The molecule has 0 spiro atoms. The van der Waals surface area contributed by atoms with Crippen LogP contribution in [0.15, 0.2) is 89.1 Å². The number of aryl methyl sites for hydroxylation is 1. The summed E-state index contributed by atoms with van der Waals surface area (Å²) in [6.07, 6.45) is 1.95. The van der Waals surface area contributed by atoms with Crippen LogP contribution < -0.4 is 20.7 Å². The zero-order valence-corrected chi connectivity index (χ0v) is 23.7. The molecule has 0 bridgehead atoms. The fraction of sp³-hybridized carbons (Fsp3) is 0.258. The molecule has 9 heteroatoms. The zero-order valence-electron chi connectivity index (χ0n) is 22.9. The minimum absolute atomic E-state index is 0.193. The molecule has 3 amide bonds. The minimum atomic E-state index is -0.313. The van der Waals surface area contributed by atoms with Crippen LogP contribution in [0.2, 0.25) is 0 Å². The summed E-state index contributed by atoms with van der Waals surface area (Å²) in [4.78, 5) is 33.2. The molecule has 0 radical (unpaired) electrons. The highest BCUT2D eigenvalue weighted by atomic mass is 32.2. The lowest BCUT2D eigenvalue weighted by Crippen LogP contribution is -2.43. The number of amides is 3. The van der Waals surface area contributed by atoms with Gasteiger partial charge in [-0.2, -0.15) is 0 Å². The molecule has 3 N–H and O–H groups in total. The van der Waals surface area contributed by atoms with Gasteiger partial charge in [0.1, 0.15) is 5.75 Å². The lowest BCUT2D eigenvalue weighted by Gasteiger charge is -2.41. The molecule has 2 heterocycles. The molecule has 5 rings (SSSR count). The van der Waals surface area contributed by atoms with E-state index in [1.54, 1.807) is 18.9 Å². The predicted molar refractivity (Wildman–Crippen MR) is 163 cm³/mol. The standard InChI is InChI=1S/C31H33N5O3S/c1-4-21-6-10-24(11-7-21)34-30(38)35-25-12-8-22(9-13-25)28-27(20(2)32-31-36(28)18-5-19-40-31)29(37)33-23-14-16-26(39-3)17-15-23/h6-17,28H,4-5,18-19H2,1-3H3,(H,33,37)(H2,34,35,38). The summed E-state index contributed by atoms with van der Waals surface area (Å²) in [5.74, 6) is 1.53. The van der Waals surface area contributed by atoms with Crippen LogP contribution in [-0.2, 0) is 11.2 Å². The Hall–Kier alpha value is -4.24. The molecular formula is C31H33N5O3S. The Morgan fingerprint density at radius 1 is 0.925 bits per heavy atom. The van der Waals surface area contributed by atoms with Crippen molar-refractivity contribution in [2.45, 2.75) is 32.7 Å². The quantitative estimate of drug-likeness (QED) is 0.303. The first-order valence-corrected chi connectivity index (χ1v) is 14.3. The third kappa shape index (κ3) is 6.15. The molecule has 3 aromatic rings. The van der Waals surface area contributed by atoms with Gasteiger partial charge in [0.15, 0.2) is 5.17 Å². The van der Waals surface area contributed by atoms with Crippen LogP contribution in [0.1, 0.15) is 37.4 Å². The largest absolute Gasteiger partial charge is 0.497 e. The van der Waals surface area contributed by atoms with E-state index in [0.29, 0.717) is 22.6 Å². The van der Waals surface area contributed by atoms with Crippen LogP contribution in [0.25, 0.3) is 0 Å². The first kappa shape index (κ1) is 27.3. The van der Waals surface area contributed by atoms with Crippen LogP contribution in [0.5, 0.6) is 5.75 Å². The summed E-state index contributed by atoms with van der Waals surface area (Å²) < 4.78 is 5.23. The number of thioether (sulfide) groups is 1. The summed E-state index contributed by atoms with van der Waals surface area (Å²) in [6, 6.07) is 22.1. The first-order valence-electron chi connectivity index (χ1n) is 13.4. The maximum Gasteiger partial charge on any atom is 0.323 e. The lowest BCUT2D eigenvalue weighted by atomic mass is 9.93. The fourth-order valence-corrected chi connectivity index (χ4v) is 5.86. The van der Waals surface area contributed by atoms with Crippen LogP contribution >= 0.6 is 11.8 Å². The van der Waals surface area contributed by atoms with E-state index >= 15 is 0 Å². The van der Waals surface area contributed by atoms with Gasteiger partial charge in [0.05, 0.1) is 24.4 Å². The number of allylic oxidation sites excluding steroid dienone is 1. The Morgan fingerprint density at radius 3 is 2.15 bits per heavy atom. The van der Waals surface area contributed by atoms with Gasteiger partial charge in [0.2, 0.25) is 0 Å². The molecule has 8 nitrogen and oxygen atoms in total. The monoisotopic (exact) mass is 555 g/mol. The number of nitrogens with one attached hydrogen (secondary N) is 3. The number of aliphatic imine (C=N–C) groups is 1. The number of amidine groups is 1. The van der Waals surface area contributed by atoms with Crippen molar-refractivity contribution in [1.82, 2.24) is 4.90 Å². The number of carbonyl (C=O) groups excluding carboxylic acids is 2. The average Bonchev–Trinajstić information content (AvgIpc) is 2.97. The smallest absolute Gasteiger partial charge is 0.323 e. The Kier molecular flexibility index (Phi) is 8.40. The van der Waals surface area contributed by atoms with E-state index in [9.17, 15) is 9.59 Å². The number of carbonyl (C=O) groups is 2. The number of benzene rings is 3. The van der Waals surface area contributed by atoms with E-state index in [1.165, 1.54) is 5.56 Å². The fourth-order valence-electron chi connectivity index (χ4n) is 4.84. The SMILES string of the molecule is CCc1ccc(NC(=O)Nc2ccc(C3C(C(=O)Nc4ccc(OC)cc4)=C(C)N=C4SCCCN43)cc2)cc1. The van der Waals surface area contributed by atoms with E-state index in [0.717, 1.165) is 47.3 Å². The predicted octanol–water partition coefficient (Wildman–Crippen LogP) is 6.66. The Balaban J connectivity index is 1.35. The van der Waals surface area contributed by atoms with Gasteiger partial charge in [-0.15, -0.1) is 0 Å². The molecule has 1 unspecified atom stereocenters. The molecule has 1 saturated heterocycles. The van der Waals surface area contributed by atoms with Crippen molar-refractivity contribution in [3.05, 3.63) is 95.2 Å². The van der Waals surface area contributed by atoms with E-state index in [2.05, 4.69) is 27.8 Å². The highest BCUT2D eigenvalue weighted by Gasteiger charge is 2.37. The third-order valence-electron chi connectivity index (χ3n) is 6.96. The average molecular weight is 556 g/mol. The van der Waals surface area contributed by atoms with Gasteiger partial charge < -0.3 is 25.6 Å². The van der Waals surface area contributed by atoms with Crippen LogP contribution in [0, 0.1) is 0 Å². The topological polar surface area (TPSA) is 95.1 Å². The molecular weight excluding hydrogens is 522 g/mol. The third-order valence-corrected chi connectivity index (χ3v) is 8.03. The van der Waals surface area contributed by atoms with Crippen LogP contribution in [0.3, 0.4) is 0 Å². The summed E-state index contributed by atoms with van der Waals surface area (Å²) >= 11 is 1.72. The van der Waals surface area contributed by atoms with Crippen molar-refractivity contribution in [2.75, 3.05) is 35.4 Å². The normalized spacial score (nSPS) is 16.5. The van der Waals surface area contributed by atoms with E-state index in [-0.39, 0.29) is 18.0 Å². The number of nitrogens with zero attached hydrogens (tertiary/aromatic N) is 2. The summed E-state index contributed by atoms with van der Waals surface area (Å²) in [7, 11) is 1.61. The first-order chi connectivity index (χ1) is 19.4. The van der Waals surface area contributed by atoms with Crippen molar-refractivity contribution in [3.8, 4) is 5.75 Å². The second-order valence-electron chi connectivity index (χ2n) is 9.63. The van der Waals surface area contributed by atoms with Crippen molar-refractivity contribution in [3.63, 3.8) is 0 Å². The number of ether oxygens (including phenoxy) is 1. The molecule has 2 aliphatic rings. The number of fused-ring (bicyclic) bond motifs is 1. The molecule has 206 valence electrons. The molecule has 2 aliphatic heterocycles. The highest BCUT2D eigenvalue weighted by Crippen LogP contribution is 2.40. The van der Waals surface area contributed by atoms with Gasteiger partial charge in [-0.05, 0) is 79.4 Å². The van der Waals surface area contributed by atoms with Gasteiger partial charge in [-0.25, -0.2) is 9.79 Å². The van der Waals surface area contributed by atoms with Gasteiger partial charge in [-0.1, -0.05) is 43.0 Å². The second kappa shape index (κ2) is 12.3. The Morgan fingerprint density at radius 2 is 1.52 bits per heavy atom. The second-order valence-corrected chi connectivity index (χ2v) is 10.7. The number of anilines is 3. The zero-order chi connectivity index (χ0) is 28.1. The maximum absolute atomic E-state index is 13.6. The van der Waals surface area contributed by atoms with Gasteiger partial charge in [0.25, 0.3) is 5.91 Å². The van der Waals surface area contributed by atoms with E-state index in [1.807, 2.05) is 79.7 Å². The molecule has 0 saturated carbocycles. The number of rotatable bonds is 7. The molecule has 3 aromatic carbocycles. The van der Waals surface area contributed by atoms with Crippen molar-refractivity contribution in [1.29, 1.82) is 0 Å². The highest BCUT2D eigenvalue weighted by molar-refractivity contribution is 8.13. The summed E-state index contributed by atoms with van der Waals surface area (Å²) in [6.45, 7) is 4.79. The summed E-state index contributed by atoms with van der Waals surface area (Å²) in [5.41, 5.74) is 5.55. The molecule has 1 atom stereocenters. The van der Waals surface area contributed by atoms with Crippen LogP contribution in [0.4, 0.5) is 21.9 Å². The number of hydrogen-bond donors (Lipinski definition) is 3. The van der Waals surface area contributed by atoms with E-state index < -0.39 is 0 Å². The number of hydrogen-bond acceptors (Lipinski definition) is 6. The van der Waals surface area contributed by atoms with Gasteiger partial charge >= 0.3 is 6.03 Å². The number of methoxy groups -OCH3 is 1. The van der Waals surface area contributed by atoms with Crippen molar-refractivity contribution < 1.29 is 14.3 Å². The molecule has 0 aromatic heterocycles. The Labute approximate surface area is 238 Å². The molecule has 1 fully saturated rings. The van der Waals surface area contributed by atoms with Gasteiger partial charge in [-0.3, -0.25) is 4.79 Å². The number of urea groups is 1. The molecule has 40 heavy (non-hydrogen) atoms. The molecule has 0 aliphatic carbocycles. The summed E-state index contributed by atoms with van der Waals surface area (Å²) in [5, 5.41) is 9.74. The van der Waals surface area contributed by atoms with Crippen LogP contribution in [-0.4, -0.2) is 41.4 Å². The van der Waals surface area contributed by atoms with Gasteiger partial charge in [0, 0.05) is 29.4 Å². The minimum Gasteiger partial charge on any atom is -0.497 e. The lowest BCUT2D eigenvalue weighted by molar-refractivity contribution is -0.113. The van der Waals surface area contributed by atoms with E-state index in [4.69, 9.17) is 9.73 Å². The van der Waals surface area contributed by atoms with Crippen molar-refractivity contribution in [2.24, 2.45) is 4.99 Å². The maximum atomic E-state index is 13.6. The van der Waals surface area contributed by atoms with Crippen molar-refractivity contribution >= 4 is 45.9 Å².